The standard InChI is InChI=1S/C23H19ClO4/c1-23(2,27)22(26)16-9-13-18(14-10-16)28-17-11-7-15(8-12-17)21(25)19-5-3-4-6-20(19)24/h3-14,27H,1-2H3. The zero-order valence-corrected chi connectivity index (χ0v) is 16.2. The number of Topliss-reactive ketones (excluding diaryl/α,β-unsaturated/α-hetero) is 1. The molecule has 142 valence electrons. The molecular weight excluding hydrogens is 376 g/mol. The second-order valence-corrected chi connectivity index (χ2v) is 7.26. The first-order valence-corrected chi connectivity index (χ1v) is 9.08. The van der Waals surface area contributed by atoms with Gasteiger partial charge in [-0.15, -0.1) is 0 Å². The second kappa shape index (κ2) is 7.97. The highest BCUT2D eigenvalue weighted by Crippen LogP contribution is 2.25. The van der Waals surface area contributed by atoms with Gasteiger partial charge in [0.25, 0.3) is 0 Å². The number of benzene rings is 3. The molecular formula is C23H19ClO4. The normalized spacial score (nSPS) is 11.1. The summed E-state index contributed by atoms with van der Waals surface area (Å²) in [5.74, 6) is 0.572. The van der Waals surface area contributed by atoms with E-state index in [4.69, 9.17) is 16.3 Å². The molecule has 3 rings (SSSR count). The quantitative estimate of drug-likeness (QED) is 0.575. The van der Waals surface area contributed by atoms with Gasteiger partial charge in [0.1, 0.15) is 17.1 Å². The highest BCUT2D eigenvalue weighted by atomic mass is 35.5. The van der Waals surface area contributed by atoms with Crippen LogP contribution in [0, 0.1) is 0 Å². The van der Waals surface area contributed by atoms with Crippen LogP contribution in [-0.4, -0.2) is 22.3 Å². The van der Waals surface area contributed by atoms with Crippen molar-refractivity contribution < 1.29 is 19.4 Å². The lowest BCUT2D eigenvalue weighted by Crippen LogP contribution is -2.30. The van der Waals surface area contributed by atoms with E-state index in [2.05, 4.69) is 0 Å². The predicted octanol–water partition coefficient (Wildman–Crippen LogP) is 5.32. The summed E-state index contributed by atoms with van der Waals surface area (Å²) >= 11 is 6.09. The largest absolute Gasteiger partial charge is 0.457 e. The predicted molar refractivity (Wildman–Crippen MR) is 108 cm³/mol. The minimum absolute atomic E-state index is 0.161. The molecule has 0 atom stereocenters. The van der Waals surface area contributed by atoms with E-state index in [9.17, 15) is 14.7 Å². The van der Waals surface area contributed by atoms with Crippen LogP contribution in [0.4, 0.5) is 0 Å². The topological polar surface area (TPSA) is 63.6 Å². The van der Waals surface area contributed by atoms with Crippen molar-refractivity contribution in [1.29, 1.82) is 0 Å². The Kier molecular flexibility index (Phi) is 5.63. The van der Waals surface area contributed by atoms with Gasteiger partial charge in [-0.3, -0.25) is 9.59 Å². The smallest absolute Gasteiger partial charge is 0.194 e. The van der Waals surface area contributed by atoms with E-state index in [1.807, 2.05) is 0 Å². The molecule has 3 aromatic rings. The summed E-state index contributed by atoms with van der Waals surface area (Å²) in [6.45, 7) is 2.90. The number of ketones is 2. The number of hydrogen-bond donors (Lipinski definition) is 1. The van der Waals surface area contributed by atoms with Gasteiger partial charge in [0, 0.05) is 16.7 Å². The fraction of sp³-hybridized carbons (Fsp3) is 0.130. The molecule has 0 amide bonds. The summed E-state index contributed by atoms with van der Waals surface area (Å²) in [6, 6.07) is 20.2. The summed E-state index contributed by atoms with van der Waals surface area (Å²) in [4.78, 5) is 24.6. The number of aliphatic hydroxyl groups is 1. The zero-order valence-electron chi connectivity index (χ0n) is 15.5. The fourth-order valence-corrected chi connectivity index (χ4v) is 2.86. The molecule has 4 nitrogen and oxygen atoms in total. The van der Waals surface area contributed by atoms with Crippen LogP contribution >= 0.6 is 11.6 Å². The van der Waals surface area contributed by atoms with Gasteiger partial charge in [-0.25, -0.2) is 0 Å². The third-order valence-electron chi connectivity index (χ3n) is 4.14. The van der Waals surface area contributed by atoms with Gasteiger partial charge in [0.2, 0.25) is 0 Å². The van der Waals surface area contributed by atoms with Gasteiger partial charge in [-0.2, -0.15) is 0 Å². The van der Waals surface area contributed by atoms with Crippen LogP contribution in [0.2, 0.25) is 5.02 Å². The summed E-state index contributed by atoms with van der Waals surface area (Å²) in [6.07, 6.45) is 0. The molecule has 0 bridgehead atoms. The van der Waals surface area contributed by atoms with Gasteiger partial charge in [-0.05, 0) is 74.5 Å². The summed E-state index contributed by atoms with van der Waals surface area (Å²) < 4.78 is 5.75. The van der Waals surface area contributed by atoms with Crippen molar-refractivity contribution >= 4 is 23.2 Å². The number of ether oxygens (including phenoxy) is 1. The fourth-order valence-electron chi connectivity index (χ4n) is 2.64. The Morgan fingerprint density at radius 2 is 1.32 bits per heavy atom. The van der Waals surface area contributed by atoms with Crippen molar-refractivity contribution in [3.8, 4) is 11.5 Å². The average molecular weight is 395 g/mol. The summed E-state index contributed by atoms with van der Waals surface area (Å²) in [5, 5.41) is 10.2. The van der Waals surface area contributed by atoms with Gasteiger partial charge in [0.05, 0.1) is 5.02 Å². The average Bonchev–Trinajstić information content (AvgIpc) is 2.68. The first-order chi connectivity index (χ1) is 13.3. The lowest BCUT2D eigenvalue weighted by Gasteiger charge is -2.15. The highest BCUT2D eigenvalue weighted by molar-refractivity contribution is 6.34. The third kappa shape index (κ3) is 4.47. The van der Waals surface area contributed by atoms with Gasteiger partial charge < -0.3 is 9.84 Å². The van der Waals surface area contributed by atoms with Crippen LogP contribution in [0.25, 0.3) is 0 Å². The van der Waals surface area contributed by atoms with Gasteiger partial charge in [0.15, 0.2) is 11.6 Å². The Hall–Kier alpha value is -2.95. The van der Waals surface area contributed by atoms with E-state index in [0.717, 1.165) is 0 Å². The molecule has 0 saturated carbocycles. The van der Waals surface area contributed by atoms with Crippen molar-refractivity contribution in [2.45, 2.75) is 19.4 Å². The SMILES string of the molecule is CC(C)(O)C(=O)c1ccc(Oc2ccc(C(=O)c3ccccc3Cl)cc2)cc1. The Labute approximate surface area is 168 Å². The molecule has 0 heterocycles. The summed E-state index contributed by atoms with van der Waals surface area (Å²) in [7, 11) is 0. The minimum Gasteiger partial charge on any atom is -0.457 e. The Bertz CT molecular complexity index is 1000. The van der Waals surface area contributed by atoms with E-state index in [1.54, 1.807) is 72.8 Å². The number of carbonyl (C=O) groups excluding carboxylic acids is 2. The van der Waals surface area contributed by atoms with Crippen molar-refractivity contribution in [2.75, 3.05) is 0 Å². The number of halogens is 1. The van der Waals surface area contributed by atoms with Gasteiger partial charge >= 0.3 is 0 Å². The molecule has 1 N–H and O–H groups in total. The van der Waals surface area contributed by atoms with E-state index >= 15 is 0 Å². The molecule has 0 unspecified atom stereocenters. The maximum atomic E-state index is 12.5. The molecule has 0 aliphatic rings. The monoisotopic (exact) mass is 394 g/mol. The maximum Gasteiger partial charge on any atom is 0.194 e. The van der Waals surface area contributed by atoms with E-state index < -0.39 is 5.60 Å². The van der Waals surface area contributed by atoms with Crippen LogP contribution in [0.1, 0.15) is 40.1 Å². The molecule has 0 aliphatic heterocycles. The maximum absolute atomic E-state index is 12.5. The van der Waals surface area contributed by atoms with E-state index in [1.165, 1.54) is 13.8 Å². The molecule has 5 heteroatoms. The van der Waals surface area contributed by atoms with E-state index in [0.29, 0.717) is 33.2 Å². The first kappa shape index (κ1) is 19.8. The molecule has 0 spiro atoms. The van der Waals surface area contributed by atoms with E-state index in [-0.39, 0.29) is 11.6 Å². The lowest BCUT2D eigenvalue weighted by atomic mass is 9.97. The lowest BCUT2D eigenvalue weighted by molar-refractivity contribution is 0.0488. The molecule has 0 aliphatic carbocycles. The van der Waals surface area contributed by atoms with Crippen LogP contribution in [0.3, 0.4) is 0 Å². The molecule has 3 aromatic carbocycles. The first-order valence-electron chi connectivity index (χ1n) is 8.70. The highest BCUT2D eigenvalue weighted by Gasteiger charge is 2.25. The zero-order chi connectivity index (χ0) is 20.3. The van der Waals surface area contributed by atoms with Crippen molar-refractivity contribution in [3.63, 3.8) is 0 Å². The Morgan fingerprint density at radius 3 is 1.82 bits per heavy atom. The van der Waals surface area contributed by atoms with Crippen LogP contribution in [0.5, 0.6) is 11.5 Å². The van der Waals surface area contributed by atoms with Crippen molar-refractivity contribution in [3.05, 3.63) is 94.5 Å². The van der Waals surface area contributed by atoms with Crippen molar-refractivity contribution in [1.82, 2.24) is 0 Å². The number of carbonyl (C=O) groups is 2. The molecule has 28 heavy (non-hydrogen) atoms. The van der Waals surface area contributed by atoms with Crippen LogP contribution < -0.4 is 4.74 Å². The summed E-state index contributed by atoms with van der Waals surface area (Å²) in [5.41, 5.74) is -0.0659. The number of hydrogen-bond acceptors (Lipinski definition) is 4. The number of rotatable bonds is 6. The minimum atomic E-state index is -1.42. The van der Waals surface area contributed by atoms with Gasteiger partial charge in [-0.1, -0.05) is 23.7 Å². The van der Waals surface area contributed by atoms with Crippen LogP contribution in [0.15, 0.2) is 72.8 Å². The molecule has 0 saturated heterocycles. The second-order valence-electron chi connectivity index (χ2n) is 6.85. The molecule has 0 fully saturated rings. The molecule has 0 aromatic heterocycles. The third-order valence-corrected chi connectivity index (χ3v) is 4.47. The Balaban J connectivity index is 1.72. The molecule has 0 radical (unpaired) electrons. The van der Waals surface area contributed by atoms with Crippen LogP contribution in [-0.2, 0) is 0 Å². The van der Waals surface area contributed by atoms with Crippen molar-refractivity contribution in [2.24, 2.45) is 0 Å². The Morgan fingerprint density at radius 1 is 0.821 bits per heavy atom.